The monoisotopic (exact) mass is 639 g/mol. The largest absolute Gasteiger partial charge is 0.471 e. The van der Waals surface area contributed by atoms with Gasteiger partial charge in [0.2, 0.25) is 15.9 Å². The van der Waals surface area contributed by atoms with Gasteiger partial charge in [-0.15, -0.1) is 0 Å². The summed E-state index contributed by atoms with van der Waals surface area (Å²) in [7, 11) is -2.94. The van der Waals surface area contributed by atoms with Crippen LogP contribution in [0.3, 0.4) is 0 Å². The van der Waals surface area contributed by atoms with Gasteiger partial charge in [0.25, 0.3) is 12.0 Å². The van der Waals surface area contributed by atoms with Gasteiger partial charge in [0, 0.05) is 18.7 Å². The number of allylic oxidation sites excluding steroid dienone is 2. The SMILES string of the molecule is C=N/C(=C\C(=C(/C)OCOC)S(=O)(=O)NC1(C)CC(O)C1)Oc1c(Cl)cc(-n2nc(C(F)F)c(=O)[nH]c2=O)cc1Cl. The lowest BCUT2D eigenvalue weighted by atomic mass is 9.77. The van der Waals surface area contributed by atoms with Gasteiger partial charge in [-0.05, 0) is 45.5 Å². The van der Waals surface area contributed by atoms with E-state index in [1.54, 1.807) is 11.9 Å². The molecule has 0 aliphatic heterocycles. The molecule has 3 N–H and O–H groups in total. The Labute approximate surface area is 242 Å². The molecule has 1 heterocycles. The molecule has 1 aromatic heterocycles. The Morgan fingerprint density at radius 1 is 1.37 bits per heavy atom. The summed E-state index contributed by atoms with van der Waals surface area (Å²) in [5.74, 6) is -0.768. The average molecular weight is 640 g/mol. The van der Waals surface area contributed by atoms with Crippen molar-refractivity contribution in [1.29, 1.82) is 0 Å². The third-order valence-corrected chi connectivity index (χ3v) is 7.99. The normalized spacial score (nSPS) is 19.9. The van der Waals surface area contributed by atoms with Gasteiger partial charge in [0.05, 0.1) is 21.8 Å². The number of aliphatic imine (C=N–C) groups is 1. The first-order valence-corrected chi connectivity index (χ1v) is 13.8. The van der Waals surface area contributed by atoms with Crippen molar-refractivity contribution in [3.05, 3.63) is 71.3 Å². The molecule has 0 spiro atoms. The van der Waals surface area contributed by atoms with Crippen LogP contribution in [-0.4, -0.2) is 60.6 Å². The van der Waals surface area contributed by atoms with E-state index >= 15 is 0 Å². The van der Waals surface area contributed by atoms with Crippen LogP contribution in [0.1, 0.15) is 38.8 Å². The highest BCUT2D eigenvalue weighted by Crippen LogP contribution is 2.37. The number of aliphatic hydroxyl groups excluding tert-OH is 1. The van der Waals surface area contributed by atoms with Crippen LogP contribution in [0.5, 0.6) is 5.75 Å². The number of alkyl halides is 2. The summed E-state index contributed by atoms with van der Waals surface area (Å²) in [4.78, 5) is 28.8. The molecule has 0 amide bonds. The molecule has 1 fully saturated rings. The van der Waals surface area contributed by atoms with E-state index in [0.29, 0.717) is 4.68 Å². The Morgan fingerprint density at radius 3 is 2.49 bits per heavy atom. The maximum Gasteiger partial charge on any atom is 0.349 e. The fraction of sp³-hybridized carbons (Fsp3) is 0.391. The molecule has 3 rings (SSSR count). The first-order valence-electron chi connectivity index (χ1n) is 11.5. The first kappa shape index (κ1) is 32.4. The van der Waals surface area contributed by atoms with Crippen LogP contribution in [0, 0.1) is 0 Å². The standard InChI is InChI=1S/C23H25Cl2F2N5O8S/c1-11(39-10-38-4)16(41(36,37)31-23(2)8-13(33)9-23)7-17(28-3)40-19-14(24)5-12(6-15(19)25)32-22(35)29-21(34)18(30-32)20(26)27/h5-7,13,20,31,33H,3,8-10H2,1-2,4H3,(H,29,34,35)/b16-11-,17-7+. The number of H-pyrrole nitrogens is 1. The molecule has 0 radical (unpaired) electrons. The number of sulfonamides is 1. The number of nitrogens with zero attached hydrogens (tertiary/aromatic N) is 3. The molecule has 1 aliphatic rings. The van der Waals surface area contributed by atoms with Crippen LogP contribution in [0.25, 0.3) is 5.69 Å². The van der Waals surface area contributed by atoms with Crippen molar-refractivity contribution in [2.24, 2.45) is 4.99 Å². The lowest BCUT2D eigenvalue weighted by Crippen LogP contribution is -2.57. The maximum atomic E-state index is 13.3. The van der Waals surface area contributed by atoms with E-state index in [-0.39, 0.29) is 46.9 Å². The minimum Gasteiger partial charge on any atom is -0.471 e. The van der Waals surface area contributed by atoms with Crippen LogP contribution in [0.2, 0.25) is 10.0 Å². The molecule has 41 heavy (non-hydrogen) atoms. The van der Waals surface area contributed by atoms with Crippen LogP contribution in [0.4, 0.5) is 8.78 Å². The molecule has 1 aromatic carbocycles. The first-order chi connectivity index (χ1) is 19.1. The van der Waals surface area contributed by atoms with E-state index in [0.717, 1.165) is 18.2 Å². The molecular weight excluding hydrogens is 615 g/mol. The van der Waals surface area contributed by atoms with Crippen molar-refractivity contribution in [3.63, 3.8) is 0 Å². The minimum absolute atomic E-state index is 0.0986. The van der Waals surface area contributed by atoms with E-state index in [2.05, 4.69) is 21.5 Å². The Balaban J connectivity index is 2.03. The summed E-state index contributed by atoms with van der Waals surface area (Å²) in [6.45, 7) is 6.08. The third-order valence-electron chi connectivity index (χ3n) is 5.69. The summed E-state index contributed by atoms with van der Waals surface area (Å²) in [6.07, 6.45) is -2.56. The lowest BCUT2D eigenvalue weighted by molar-refractivity contribution is 0.00581. The highest BCUT2D eigenvalue weighted by atomic mass is 35.5. The lowest BCUT2D eigenvalue weighted by Gasteiger charge is -2.42. The second-order valence-electron chi connectivity index (χ2n) is 9.04. The van der Waals surface area contributed by atoms with Crippen LogP contribution >= 0.6 is 23.2 Å². The van der Waals surface area contributed by atoms with Gasteiger partial charge < -0.3 is 19.3 Å². The van der Waals surface area contributed by atoms with Crippen LogP contribution in [0.15, 0.2) is 49.3 Å². The average Bonchev–Trinajstić information content (AvgIpc) is 2.84. The van der Waals surface area contributed by atoms with E-state index < -0.39 is 55.8 Å². The number of halogens is 4. The Kier molecular flexibility index (Phi) is 10.1. The Morgan fingerprint density at radius 2 is 1.98 bits per heavy atom. The van der Waals surface area contributed by atoms with Gasteiger partial charge in [-0.25, -0.2) is 31.7 Å². The molecule has 13 nitrogen and oxygen atoms in total. The second kappa shape index (κ2) is 12.8. The Hall–Kier alpha value is -3.15. The van der Waals surface area contributed by atoms with E-state index in [9.17, 15) is 31.9 Å². The van der Waals surface area contributed by atoms with Crippen molar-refractivity contribution < 1.29 is 36.5 Å². The summed E-state index contributed by atoms with van der Waals surface area (Å²) in [6, 6.07) is 2.16. The zero-order valence-corrected chi connectivity index (χ0v) is 24.1. The third kappa shape index (κ3) is 7.58. The Bertz CT molecular complexity index is 1600. The number of rotatable bonds is 12. The number of methoxy groups -OCH3 is 1. The van der Waals surface area contributed by atoms with Crippen LogP contribution < -0.4 is 20.7 Å². The summed E-state index contributed by atoms with van der Waals surface area (Å²) in [5, 5.41) is 12.5. The fourth-order valence-electron chi connectivity index (χ4n) is 3.85. The molecule has 1 saturated carbocycles. The number of ether oxygens (including phenoxy) is 3. The molecule has 2 aromatic rings. The number of hydrogen-bond acceptors (Lipinski definition) is 10. The molecule has 0 atom stereocenters. The smallest absolute Gasteiger partial charge is 0.349 e. The van der Waals surface area contributed by atoms with Gasteiger partial charge >= 0.3 is 5.69 Å². The number of hydrogen-bond donors (Lipinski definition) is 3. The van der Waals surface area contributed by atoms with Crippen molar-refractivity contribution in [1.82, 2.24) is 19.5 Å². The molecule has 0 bridgehead atoms. The van der Waals surface area contributed by atoms with Crippen molar-refractivity contribution in [2.75, 3.05) is 13.9 Å². The number of aromatic nitrogens is 3. The van der Waals surface area contributed by atoms with Gasteiger partial charge in [-0.2, -0.15) is 9.78 Å². The van der Waals surface area contributed by atoms with Crippen molar-refractivity contribution >= 4 is 39.9 Å². The summed E-state index contributed by atoms with van der Waals surface area (Å²) < 4.78 is 71.7. The van der Waals surface area contributed by atoms with Crippen LogP contribution in [-0.2, 0) is 19.5 Å². The zero-order valence-electron chi connectivity index (χ0n) is 21.8. The molecule has 224 valence electrons. The molecule has 0 unspecified atom stereocenters. The number of aromatic amines is 1. The second-order valence-corrected chi connectivity index (χ2v) is 11.5. The predicted molar refractivity (Wildman–Crippen MR) is 145 cm³/mol. The van der Waals surface area contributed by atoms with Gasteiger partial charge in [-0.3, -0.25) is 9.78 Å². The minimum atomic E-state index is -4.28. The predicted octanol–water partition coefficient (Wildman–Crippen LogP) is 2.77. The summed E-state index contributed by atoms with van der Waals surface area (Å²) in [5.41, 5.74) is -4.81. The zero-order chi connectivity index (χ0) is 30.7. The van der Waals surface area contributed by atoms with Gasteiger partial charge in [0.1, 0.15) is 10.7 Å². The number of nitrogens with one attached hydrogen (secondary N) is 2. The van der Waals surface area contributed by atoms with E-state index in [1.165, 1.54) is 14.0 Å². The van der Waals surface area contributed by atoms with Gasteiger partial charge in [0.15, 0.2) is 18.2 Å². The highest BCUT2D eigenvalue weighted by molar-refractivity contribution is 7.93. The molecular formula is C23H25Cl2F2N5O8S. The fourth-order valence-corrected chi connectivity index (χ4v) is 6.02. The molecule has 1 aliphatic carbocycles. The molecule has 18 heteroatoms. The van der Waals surface area contributed by atoms with Crippen molar-refractivity contribution in [2.45, 2.75) is 44.8 Å². The molecule has 0 saturated heterocycles. The summed E-state index contributed by atoms with van der Waals surface area (Å²) >= 11 is 12.6. The number of aliphatic hydroxyl groups is 1. The quantitative estimate of drug-likeness (QED) is 0.136. The van der Waals surface area contributed by atoms with Crippen molar-refractivity contribution in [3.8, 4) is 11.4 Å². The van der Waals surface area contributed by atoms with E-state index in [1.807, 2.05) is 0 Å². The van der Waals surface area contributed by atoms with E-state index in [4.69, 9.17) is 37.4 Å². The van der Waals surface area contributed by atoms with Gasteiger partial charge in [-0.1, -0.05) is 23.2 Å². The topological polar surface area (TPSA) is 174 Å². The maximum absolute atomic E-state index is 13.3. The highest BCUT2D eigenvalue weighted by Gasteiger charge is 2.43. The number of benzene rings is 1.